The van der Waals surface area contributed by atoms with E-state index in [9.17, 15) is 4.79 Å². The molecule has 1 aromatic carbocycles. The van der Waals surface area contributed by atoms with E-state index < -0.39 is 0 Å². The monoisotopic (exact) mass is 336 g/mol. The van der Waals surface area contributed by atoms with Gasteiger partial charge in [0.1, 0.15) is 0 Å². The quantitative estimate of drug-likeness (QED) is 0.687. The number of nitrogens with zero attached hydrogens (tertiary/aromatic N) is 3. The van der Waals surface area contributed by atoms with Gasteiger partial charge in [-0.25, -0.2) is 9.48 Å². The van der Waals surface area contributed by atoms with E-state index in [1.807, 2.05) is 49.6 Å². The van der Waals surface area contributed by atoms with Gasteiger partial charge in [-0.1, -0.05) is 12.1 Å². The lowest BCUT2D eigenvalue weighted by Crippen LogP contribution is -2.41. The largest absolute Gasteiger partial charge is 0.335 e. The van der Waals surface area contributed by atoms with Crippen molar-refractivity contribution in [1.29, 1.82) is 0 Å². The molecule has 2 aromatic heterocycles. The van der Waals surface area contributed by atoms with E-state index in [1.165, 1.54) is 11.3 Å². The molecule has 25 heavy (non-hydrogen) atoms. The molecular weight excluding hydrogens is 316 g/mol. The molecule has 0 saturated heterocycles. The molecule has 0 spiro atoms. The average molecular weight is 336 g/mol. The fourth-order valence-electron chi connectivity index (χ4n) is 3.21. The van der Waals surface area contributed by atoms with Crippen LogP contribution in [0.3, 0.4) is 0 Å². The molecular formula is C18H20N6O. The van der Waals surface area contributed by atoms with E-state index >= 15 is 0 Å². The number of aryl methyl sites for hydroxylation is 2. The van der Waals surface area contributed by atoms with Crippen LogP contribution in [0.4, 0.5) is 10.5 Å². The van der Waals surface area contributed by atoms with E-state index in [0.29, 0.717) is 0 Å². The van der Waals surface area contributed by atoms with Crippen LogP contribution in [0.1, 0.15) is 23.4 Å². The highest BCUT2D eigenvalue weighted by molar-refractivity contribution is 5.91. The van der Waals surface area contributed by atoms with Crippen molar-refractivity contribution < 1.29 is 4.79 Å². The minimum absolute atomic E-state index is 0.115. The zero-order valence-corrected chi connectivity index (χ0v) is 14.0. The molecule has 0 unspecified atom stereocenters. The summed E-state index contributed by atoms with van der Waals surface area (Å²) in [6, 6.07) is 9.48. The molecule has 0 fully saturated rings. The van der Waals surface area contributed by atoms with Gasteiger partial charge in [0, 0.05) is 17.9 Å². The molecule has 128 valence electrons. The normalized spacial score (nSPS) is 16.3. The summed E-state index contributed by atoms with van der Waals surface area (Å²) in [5.74, 6) is 0. The van der Waals surface area contributed by atoms with Crippen LogP contribution in [-0.4, -0.2) is 32.1 Å². The van der Waals surface area contributed by atoms with Crippen LogP contribution in [-0.2, 0) is 12.8 Å². The number of benzene rings is 1. The van der Waals surface area contributed by atoms with Crippen molar-refractivity contribution >= 4 is 11.7 Å². The Labute approximate surface area is 145 Å². The third-order valence-electron chi connectivity index (χ3n) is 4.47. The maximum atomic E-state index is 12.4. The van der Waals surface area contributed by atoms with Crippen molar-refractivity contribution in [3.8, 4) is 5.69 Å². The second-order valence-electron chi connectivity index (χ2n) is 6.33. The number of aromatic amines is 1. The van der Waals surface area contributed by atoms with Crippen molar-refractivity contribution in [2.24, 2.45) is 0 Å². The lowest BCUT2D eigenvalue weighted by atomic mass is 9.94. The summed E-state index contributed by atoms with van der Waals surface area (Å²) in [4.78, 5) is 12.4. The van der Waals surface area contributed by atoms with Crippen LogP contribution in [0.5, 0.6) is 0 Å². The predicted molar refractivity (Wildman–Crippen MR) is 94.9 cm³/mol. The molecule has 1 aliphatic carbocycles. The lowest BCUT2D eigenvalue weighted by molar-refractivity contribution is 0.247. The van der Waals surface area contributed by atoms with Gasteiger partial charge in [0.2, 0.25) is 0 Å². The molecule has 7 heteroatoms. The number of aromatic nitrogens is 4. The number of H-pyrrole nitrogens is 1. The second kappa shape index (κ2) is 6.43. The van der Waals surface area contributed by atoms with Crippen molar-refractivity contribution in [1.82, 2.24) is 25.3 Å². The minimum atomic E-state index is -0.201. The molecule has 3 aromatic rings. The molecule has 0 saturated carbocycles. The Hall–Kier alpha value is -3.09. The highest BCUT2D eigenvalue weighted by Gasteiger charge is 2.21. The van der Waals surface area contributed by atoms with Gasteiger partial charge in [0.05, 0.1) is 23.3 Å². The van der Waals surface area contributed by atoms with E-state index in [4.69, 9.17) is 0 Å². The Morgan fingerprint density at radius 3 is 3.04 bits per heavy atom. The average Bonchev–Trinajstić information content (AvgIpc) is 3.23. The molecule has 1 atom stereocenters. The Balaban J connectivity index is 1.45. The Bertz CT molecular complexity index is 896. The number of para-hydroxylation sites is 2. The Kier molecular flexibility index (Phi) is 3.97. The summed E-state index contributed by atoms with van der Waals surface area (Å²) in [6.45, 7) is 1.94. The predicted octanol–water partition coefficient (Wildman–Crippen LogP) is 2.58. The van der Waals surface area contributed by atoms with Crippen molar-refractivity contribution in [2.45, 2.75) is 32.2 Å². The number of nitrogens with one attached hydrogen (secondary N) is 3. The number of carbonyl (C=O) groups is 1. The second-order valence-corrected chi connectivity index (χ2v) is 6.33. The first-order chi connectivity index (χ1) is 12.2. The molecule has 4 rings (SSSR count). The van der Waals surface area contributed by atoms with E-state index in [-0.39, 0.29) is 12.1 Å². The van der Waals surface area contributed by atoms with Crippen LogP contribution >= 0.6 is 0 Å². The van der Waals surface area contributed by atoms with Gasteiger partial charge < -0.3 is 10.6 Å². The van der Waals surface area contributed by atoms with Crippen molar-refractivity contribution in [3.63, 3.8) is 0 Å². The highest BCUT2D eigenvalue weighted by Crippen LogP contribution is 2.21. The summed E-state index contributed by atoms with van der Waals surface area (Å²) >= 11 is 0. The molecule has 7 nitrogen and oxygen atoms in total. The first-order valence-electron chi connectivity index (χ1n) is 8.39. The van der Waals surface area contributed by atoms with Gasteiger partial charge in [0.15, 0.2) is 0 Å². The summed E-state index contributed by atoms with van der Waals surface area (Å²) in [5.41, 5.74) is 4.86. The van der Waals surface area contributed by atoms with Crippen molar-refractivity contribution in [2.75, 3.05) is 5.32 Å². The number of fused-ring (bicyclic) bond motifs is 1. The van der Waals surface area contributed by atoms with Crippen LogP contribution in [0.15, 0.2) is 42.7 Å². The number of hydrogen-bond donors (Lipinski definition) is 3. The fourth-order valence-corrected chi connectivity index (χ4v) is 3.21. The van der Waals surface area contributed by atoms with Crippen molar-refractivity contribution in [3.05, 3.63) is 59.7 Å². The number of anilines is 1. The maximum Gasteiger partial charge on any atom is 0.319 e. The number of amides is 2. The third-order valence-corrected chi connectivity index (χ3v) is 4.47. The molecule has 2 heterocycles. The van der Waals surface area contributed by atoms with E-state index in [0.717, 1.165) is 36.3 Å². The topological polar surface area (TPSA) is 87.6 Å². The van der Waals surface area contributed by atoms with Gasteiger partial charge in [-0.3, -0.25) is 5.10 Å². The summed E-state index contributed by atoms with van der Waals surface area (Å²) in [5, 5.41) is 17.5. The molecule has 0 aliphatic heterocycles. The molecule has 2 amide bonds. The van der Waals surface area contributed by atoms with Gasteiger partial charge >= 0.3 is 6.03 Å². The van der Waals surface area contributed by atoms with Crippen LogP contribution in [0.2, 0.25) is 0 Å². The zero-order chi connectivity index (χ0) is 17.2. The number of urea groups is 1. The molecule has 0 radical (unpaired) electrons. The lowest BCUT2D eigenvalue weighted by Gasteiger charge is -2.23. The smallest absolute Gasteiger partial charge is 0.319 e. The standard InChI is InChI=1S/C18H20N6O/c1-12-8-9-24(23-12)17-5-3-2-4-16(17)21-18(25)20-14-6-7-15-13(10-14)11-19-22-15/h2-5,8-9,11,14H,6-7,10H2,1H3,(H,19,22)(H2,20,21,25)/t14-/m0/s1. The SMILES string of the molecule is Cc1ccn(-c2ccccc2NC(=O)N[C@H]2CCc3[nH]ncc3C2)n1. The van der Waals surface area contributed by atoms with Crippen LogP contribution in [0.25, 0.3) is 5.69 Å². The van der Waals surface area contributed by atoms with Gasteiger partial charge in [-0.2, -0.15) is 10.2 Å². The van der Waals surface area contributed by atoms with E-state index in [1.54, 1.807) is 4.68 Å². The molecule has 1 aliphatic rings. The first kappa shape index (κ1) is 15.4. The van der Waals surface area contributed by atoms with Gasteiger partial charge in [-0.05, 0) is 49.9 Å². The van der Waals surface area contributed by atoms with Crippen LogP contribution in [0, 0.1) is 6.92 Å². The van der Waals surface area contributed by atoms with Gasteiger partial charge in [-0.15, -0.1) is 0 Å². The maximum absolute atomic E-state index is 12.4. The number of hydrogen-bond acceptors (Lipinski definition) is 3. The zero-order valence-electron chi connectivity index (χ0n) is 14.0. The Morgan fingerprint density at radius 2 is 2.20 bits per heavy atom. The highest BCUT2D eigenvalue weighted by atomic mass is 16.2. The molecule has 0 bridgehead atoms. The summed E-state index contributed by atoms with van der Waals surface area (Å²) in [6.07, 6.45) is 6.34. The minimum Gasteiger partial charge on any atom is -0.335 e. The fraction of sp³-hybridized carbons (Fsp3) is 0.278. The molecule has 3 N–H and O–H groups in total. The van der Waals surface area contributed by atoms with E-state index in [2.05, 4.69) is 25.9 Å². The van der Waals surface area contributed by atoms with Gasteiger partial charge in [0.25, 0.3) is 0 Å². The first-order valence-corrected chi connectivity index (χ1v) is 8.39. The number of carbonyl (C=O) groups excluding carboxylic acids is 1. The summed E-state index contributed by atoms with van der Waals surface area (Å²) < 4.78 is 1.77. The summed E-state index contributed by atoms with van der Waals surface area (Å²) in [7, 11) is 0. The third kappa shape index (κ3) is 3.26. The van der Waals surface area contributed by atoms with Crippen LogP contribution < -0.4 is 10.6 Å². The Morgan fingerprint density at radius 1 is 1.32 bits per heavy atom. The number of rotatable bonds is 3.